The highest BCUT2D eigenvalue weighted by Crippen LogP contribution is 2.42. The minimum atomic E-state index is -0.529. The number of fused-ring (bicyclic) bond motifs is 1. The van der Waals surface area contributed by atoms with Gasteiger partial charge in [0.05, 0.1) is 28.9 Å². The summed E-state index contributed by atoms with van der Waals surface area (Å²) in [6, 6.07) is 9.12. The molecule has 2 unspecified atom stereocenters. The second-order valence-corrected chi connectivity index (χ2v) is 9.06. The van der Waals surface area contributed by atoms with Crippen LogP contribution < -0.4 is 5.32 Å². The van der Waals surface area contributed by atoms with E-state index in [1.54, 1.807) is 12.3 Å². The first-order valence-electron chi connectivity index (χ1n) is 10.5. The van der Waals surface area contributed by atoms with Crippen LogP contribution in [0.1, 0.15) is 36.1 Å². The first-order chi connectivity index (χ1) is 15.9. The van der Waals surface area contributed by atoms with Crippen LogP contribution >= 0.6 is 34.8 Å². The van der Waals surface area contributed by atoms with Gasteiger partial charge in [0.2, 0.25) is 0 Å². The van der Waals surface area contributed by atoms with E-state index in [-0.39, 0.29) is 17.5 Å². The average molecular weight is 500 g/mol. The van der Waals surface area contributed by atoms with E-state index in [0.29, 0.717) is 39.8 Å². The summed E-state index contributed by atoms with van der Waals surface area (Å²) in [6.07, 6.45) is 8.34. The molecule has 3 aromatic rings. The molecule has 2 atom stereocenters. The van der Waals surface area contributed by atoms with E-state index in [1.165, 1.54) is 6.20 Å². The molecule has 33 heavy (non-hydrogen) atoms. The Morgan fingerprint density at radius 1 is 1.24 bits per heavy atom. The molecule has 0 saturated heterocycles. The zero-order valence-electron chi connectivity index (χ0n) is 17.8. The molecule has 2 N–H and O–H groups in total. The number of pyridine rings is 2. The lowest BCUT2D eigenvalue weighted by Gasteiger charge is -2.28. The quantitative estimate of drug-likeness (QED) is 0.363. The molecule has 8 heteroatoms. The monoisotopic (exact) mass is 498 g/mol. The van der Waals surface area contributed by atoms with E-state index in [9.17, 15) is 10.4 Å². The van der Waals surface area contributed by atoms with Gasteiger partial charge in [-0.05, 0) is 41.7 Å². The molecular weight excluding hydrogens is 479 g/mol. The van der Waals surface area contributed by atoms with Gasteiger partial charge in [-0.25, -0.2) is 4.98 Å². The van der Waals surface area contributed by atoms with Gasteiger partial charge in [-0.15, -0.1) is 11.6 Å². The number of nitrogens with one attached hydrogen (secondary N) is 1. The maximum atomic E-state index is 11.2. The molecule has 2 heterocycles. The van der Waals surface area contributed by atoms with Crippen LogP contribution in [-0.4, -0.2) is 20.5 Å². The smallest absolute Gasteiger partial charge is 0.147 e. The molecule has 4 rings (SSSR count). The number of phenols is 1. The van der Waals surface area contributed by atoms with Crippen LogP contribution in [0, 0.1) is 11.3 Å². The van der Waals surface area contributed by atoms with E-state index < -0.39 is 6.04 Å². The van der Waals surface area contributed by atoms with Gasteiger partial charge >= 0.3 is 0 Å². The van der Waals surface area contributed by atoms with Crippen LogP contribution in [0.25, 0.3) is 10.9 Å². The van der Waals surface area contributed by atoms with E-state index in [4.69, 9.17) is 34.8 Å². The number of hydrogen-bond donors (Lipinski definition) is 2. The van der Waals surface area contributed by atoms with Gasteiger partial charge in [-0.3, -0.25) is 4.98 Å². The van der Waals surface area contributed by atoms with E-state index in [2.05, 4.69) is 21.4 Å². The molecule has 1 aromatic carbocycles. The minimum absolute atomic E-state index is 0.0632. The molecule has 1 aliphatic rings. The SMILES string of the molecule is CCc1c(NC(C2=CCC(Cl)C=C2Cl)c2ccc3cccnc3c2O)ncc(Cl)c1CC#N. The summed E-state index contributed by atoms with van der Waals surface area (Å²) in [5.74, 6) is 0.643. The molecule has 0 spiro atoms. The highest BCUT2D eigenvalue weighted by atomic mass is 35.5. The van der Waals surface area contributed by atoms with Crippen LogP contribution in [0.2, 0.25) is 5.02 Å². The molecule has 2 aromatic heterocycles. The fourth-order valence-electron chi connectivity index (χ4n) is 4.09. The number of allylic oxidation sites excluding steroid dienone is 2. The van der Waals surface area contributed by atoms with Gasteiger partial charge in [0.25, 0.3) is 0 Å². The number of rotatable bonds is 6. The highest BCUT2D eigenvalue weighted by Gasteiger charge is 2.27. The van der Waals surface area contributed by atoms with Crippen molar-refractivity contribution in [3.63, 3.8) is 0 Å². The Morgan fingerprint density at radius 3 is 2.79 bits per heavy atom. The minimum Gasteiger partial charge on any atom is -0.505 e. The number of nitrogens with zero attached hydrogens (tertiary/aromatic N) is 3. The first kappa shape index (κ1) is 23.4. The molecule has 5 nitrogen and oxygen atoms in total. The molecule has 0 bridgehead atoms. The van der Waals surface area contributed by atoms with Crippen molar-refractivity contribution in [2.75, 3.05) is 5.32 Å². The van der Waals surface area contributed by atoms with Crippen LogP contribution in [0.5, 0.6) is 5.75 Å². The summed E-state index contributed by atoms with van der Waals surface area (Å²) < 4.78 is 0. The highest BCUT2D eigenvalue weighted by molar-refractivity contribution is 6.33. The van der Waals surface area contributed by atoms with Crippen LogP contribution in [0.4, 0.5) is 5.82 Å². The standard InChI is InChI=1S/C25H21Cl3N4O/c1-2-16-17(9-10-29)21(28)13-31-25(16)32-23(18-8-6-15(26)12-20(18)27)19-7-5-14-4-3-11-30-22(14)24(19)33/h3-5,7-8,11-13,15,23,33H,2,6,9H2,1H3,(H,31,32). The number of nitriles is 1. The van der Waals surface area contributed by atoms with Crippen LogP contribution in [-0.2, 0) is 12.8 Å². The Hall–Kier alpha value is -2.78. The van der Waals surface area contributed by atoms with Crippen molar-refractivity contribution in [1.29, 1.82) is 5.26 Å². The van der Waals surface area contributed by atoms with Crippen LogP contribution in [0.15, 0.2) is 59.4 Å². The molecule has 0 saturated carbocycles. The number of phenolic OH excluding ortho intramolecular Hbond substituents is 1. The van der Waals surface area contributed by atoms with Crippen molar-refractivity contribution in [3.05, 3.63) is 81.1 Å². The Kier molecular flexibility index (Phi) is 7.09. The largest absolute Gasteiger partial charge is 0.505 e. The van der Waals surface area contributed by atoms with Crippen molar-refractivity contribution < 1.29 is 5.11 Å². The predicted octanol–water partition coefficient (Wildman–Crippen LogP) is 6.83. The number of halogens is 3. The Balaban J connectivity index is 1.88. The third kappa shape index (κ3) is 4.65. The average Bonchev–Trinajstić information content (AvgIpc) is 2.81. The summed E-state index contributed by atoms with van der Waals surface area (Å²) in [5.41, 5.74) is 3.47. The van der Waals surface area contributed by atoms with Crippen molar-refractivity contribution >= 4 is 51.5 Å². The Morgan fingerprint density at radius 2 is 2.06 bits per heavy atom. The van der Waals surface area contributed by atoms with Gasteiger partial charge in [-0.1, -0.05) is 54.4 Å². The predicted molar refractivity (Wildman–Crippen MR) is 134 cm³/mol. The normalized spacial score (nSPS) is 16.6. The van der Waals surface area contributed by atoms with Crippen molar-refractivity contribution in [1.82, 2.24) is 9.97 Å². The maximum Gasteiger partial charge on any atom is 0.147 e. The molecule has 168 valence electrons. The lowest BCUT2D eigenvalue weighted by atomic mass is 9.92. The molecule has 0 fully saturated rings. The number of anilines is 1. The third-order valence-corrected chi connectivity index (χ3v) is 6.68. The van der Waals surface area contributed by atoms with Gasteiger partial charge in [0, 0.05) is 28.4 Å². The van der Waals surface area contributed by atoms with Crippen molar-refractivity contribution in [2.24, 2.45) is 0 Å². The molecule has 0 aliphatic heterocycles. The number of benzene rings is 1. The number of alkyl halides is 1. The lowest BCUT2D eigenvalue weighted by molar-refractivity contribution is 0.471. The van der Waals surface area contributed by atoms with Gasteiger partial charge in [-0.2, -0.15) is 5.26 Å². The second kappa shape index (κ2) is 10.0. The van der Waals surface area contributed by atoms with Crippen molar-refractivity contribution in [3.8, 4) is 11.8 Å². The Bertz CT molecular complexity index is 1310. The van der Waals surface area contributed by atoms with Crippen molar-refractivity contribution in [2.45, 2.75) is 37.6 Å². The maximum absolute atomic E-state index is 11.2. The third-order valence-electron chi connectivity index (χ3n) is 5.70. The zero-order valence-corrected chi connectivity index (χ0v) is 20.1. The fourth-order valence-corrected chi connectivity index (χ4v) is 4.94. The number of aromatic hydroxyl groups is 1. The summed E-state index contributed by atoms with van der Waals surface area (Å²) in [4.78, 5) is 8.87. The molecule has 0 amide bonds. The summed E-state index contributed by atoms with van der Waals surface area (Å²) in [6.45, 7) is 1.98. The number of hydrogen-bond acceptors (Lipinski definition) is 5. The summed E-state index contributed by atoms with van der Waals surface area (Å²) in [7, 11) is 0. The van der Waals surface area contributed by atoms with Crippen LogP contribution in [0.3, 0.4) is 0 Å². The topological polar surface area (TPSA) is 81.8 Å². The van der Waals surface area contributed by atoms with E-state index in [0.717, 1.165) is 22.1 Å². The zero-order chi connectivity index (χ0) is 23.5. The van der Waals surface area contributed by atoms with E-state index >= 15 is 0 Å². The molecule has 0 radical (unpaired) electrons. The number of aromatic nitrogens is 2. The Labute approximate surface area is 207 Å². The van der Waals surface area contributed by atoms with Gasteiger partial charge in [0.1, 0.15) is 17.1 Å². The van der Waals surface area contributed by atoms with Gasteiger partial charge in [0.15, 0.2) is 0 Å². The second-order valence-electron chi connectivity index (χ2n) is 7.68. The van der Waals surface area contributed by atoms with E-state index in [1.807, 2.05) is 37.3 Å². The molecular formula is C25H21Cl3N4O. The van der Waals surface area contributed by atoms with Gasteiger partial charge < -0.3 is 10.4 Å². The summed E-state index contributed by atoms with van der Waals surface area (Å²) in [5, 5.41) is 25.5. The molecule has 1 aliphatic carbocycles. The summed E-state index contributed by atoms with van der Waals surface area (Å²) >= 11 is 19.2. The first-order valence-corrected chi connectivity index (χ1v) is 11.7. The fraction of sp³-hybridized carbons (Fsp3) is 0.240. The lowest BCUT2D eigenvalue weighted by Crippen LogP contribution is -2.19.